The predicted octanol–water partition coefficient (Wildman–Crippen LogP) is 4.67. The van der Waals surface area contributed by atoms with Crippen LogP contribution in [0.15, 0.2) is 42.5 Å². The van der Waals surface area contributed by atoms with Crippen LogP contribution < -0.4 is 0 Å². The van der Waals surface area contributed by atoms with Crippen LogP contribution in [-0.2, 0) is 23.9 Å². The number of amides is 1. The Morgan fingerprint density at radius 3 is 2.33 bits per heavy atom. The standard InChI is InChI=1S/C19H18F3NO/c1-2-18(24)23-10-9-14-3-4-15(11-16(14)12-23)13-5-7-17(8-6-13)19(20,21)22/h3-8,11H,2,9-10,12H2,1H3. The van der Waals surface area contributed by atoms with Crippen LogP contribution in [-0.4, -0.2) is 17.4 Å². The number of rotatable bonds is 2. The van der Waals surface area contributed by atoms with E-state index in [1.165, 1.54) is 17.7 Å². The van der Waals surface area contributed by atoms with E-state index in [4.69, 9.17) is 0 Å². The lowest BCUT2D eigenvalue weighted by atomic mass is 9.94. The van der Waals surface area contributed by atoms with Crippen LogP contribution in [0.1, 0.15) is 30.0 Å². The van der Waals surface area contributed by atoms with E-state index >= 15 is 0 Å². The lowest BCUT2D eigenvalue weighted by Crippen LogP contribution is -2.35. The van der Waals surface area contributed by atoms with E-state index in [2.05, 4.69) is 0 Å². The molecule has 0 aromatic heterocycles. The average molecular weight is 333 g/mol. The van der Waals surface area contributed by atoms with Gasteiger partial charge in [0.05, 0.1) is 5.56 Å². The third-order valence-electron chi connectivity index (χ3n) is 4.42. The summed E-state index contributed by atoms with van der Waals surface area (Å²) in [5.74, 6) is 0.126. The smallest absolute Gasteiger partial charge is 0.338 e. The summed E-state index contributed by atoms with van der Waals surface area (Å²) >= 11 is 0. The second-order valence-corrected chi connectivity index (χ2v) is 5.98. The predicted molar refractivity (Wildman–Crippen MR) is 86.3 cm³/mol. The van der Waals surface area contributed by atoms with Crippen molar-refractivity contribution in [3.63, 3.8) is 0 Å². The van der Waals surface area contributed by atoms with E-state index in [0.29, 0.717) is 13.0 Å². The zero-order valence-electron chi connectivity index (χ0n) is 13.4. The Balaban J connectivity index is 1.87. The largest absolute Gasteiger partial charge is 0.416 e. The molecule has 0 bridgehead atoms. The Hall–Kier alpha value is -2.30. The van der Waals surface area contributed by atoms with Crippen molar-refractivity contribution >= 4 is 5.91 Å². The minimum Gasteiger partial charge on any atom is -0.338 e. The van der Waals surface area contributed by atoms with Gasteiger partial charge in [0.1, 0.15) is 0 Å². The summed E-state index contributed by atoms with van der Waals surface area (Å²) in [4.78, 5) is 13.7. The summed E-state index contributed by atoms with van der Waals surface area (Å²) < 4.78 is 38.0. The molecule has 126 valence electrons. The number of nitrogens with zero attached hydrogens (tertiary/aromatic N) is 1. The molecule has 0 radical (unpaired) electrons. The van der Waals surface area contributed by atoms with Crippen molar-refractivity contribution in [1.29, 1.82) is 0 Å². The van der Waals surface area contributed by atoms with Gasteiger partial charge in [0, 0.05) is 19.5 Å². The quantitative estimate of drug-likeness (QED) is 0.782. The Labute approximate surface area is 138 Å². The molecule has 2 aromatic carbocycles. The van der Waals surface area contributed by atoms with Crippen LogP contribution in [0.2, 0.25) is 0 Å². The molecule has 3 rings (SSSR count). The molecule has 0 N–H and O–H groups in total. The molecule has 1 amide bonds. The van der Waals surface area contributed by atoms with Crippen LogP contribution >= 0.6 is 0 Å². The molecule has 5 heteroatoms. The minimum absolute atomic E-state index is 0.126. The van der Waals surface area contributed by atoms with Crippen molar-refractivity contribution in [2.24, 2.45) is 0 Å². The molecule has 1 aliphatic rings. The highest BCUT2D eigenvalue weighted by molar-refractivity contribution is 5.76. The molecule has 0 aliphatic carbocycles. The van der Waals surface area contributed by atoms with Crippen LogP contribution in [0.4, 0.5) is 13.2 Å². The molecule has 0 saturated carbocycles. The molecule has 1 heterocycles. The SMILES string of the molecule is CCC(=O)N1CCc2ccc(-c3ccc(C(F)(F)F)cc3)cc2C1. The highest BCUT2D eigenvalue weighted by atomic mass is 19.4. The topological polar surface area (TPSA) is 20.3 Å². The van der Waals surface area contributed by atoms with Gasteiger partial charge in [0.2, 0.25) is 5.91 Å². The first kappa shape index (κ1) is 16.6. The average Bonchev–Trinajstić information content (AvgIpc) is 2.59. The van der Waals surface area contributed by atoms with E-state index < -0.39 is 11.7 Å². The molecule has 2 nitrogen and oxygen atoms in total. The van der Waals surface area contributed by atoms with Crippen molar-refractivity contribution in [3.05, 3.63) is 59.2 Å². The highest BCUT2D eigenvalue weighted by Gasteiger charge is 2.30. The first-order valence-electron chi connectivity index (χ1n) is 7.95. The van der Waals surface area contributed by atoms with Crippen molar-refractivity contribution < 1.29 is 18.0 Å². The maximum absolute atomic E-state index is 12.7. The molecule has 0 spiro atoms. The van der Waals surface area contributed by atoms with Crippen molar-refractivity contribution in [1.82, 2.24) is 4.90 Å². The zero-order valence-corrected chi connectivity index (χ0v) is 13.4. The Kier molecular flexibility index (Phi) is 4.35. The van der Waals surface area contributed by atoms with Crippen molar-refractivity contribution in [2.75, 3.05) is 6.54 Å². The number of carbonyl (C=O) groups is 1. The van der Waals surface area contributed by atoms with Gasteiger partial charge in [-0.25, -0.2) is 0 Å². The second-order valence-electron chi connectivity index (χ2n) is 5.98. The lowest BCUT2D eigenvalue weighted by molar-refractivity contribution is -0.137. The fourth-order valence-electron chi connectivity index (χ4n) is 3.02. The van der Waals surface area contributed by atoms with Gasteiger partial charge >= 0.3 is 6.18 Å². The number of halogens is 3. The molecule has 24 heavy (non-hydrogen) atoms. The molecular weight excluding hydrogens is 315 g/mol. The summed E-state index contributed by atoms with van der Waals surface area (Å²) in [7, 11) is 0. The van der Waals surface area contributed by atoms with Gasteiger partial charge in [-0.05, 0) is 46.9 Å². The molecule has 0 saturated heterocycles. The second kappa shape index (κ2) is 6.30. The summed E-state index contributed by atoms with van der Waals surface area (Å²) in [5.41, 5.74) is 3.23. The first-order chi connectivity index (χ1) is 11.4. The number of fused-ring (bicyclic) bond motifs is 1. The normalized spacial score (nSPS) is 14.4. The molecule has 1 aliphatic heterocycles. The van der Waals surface area contributed by atoms with E-state index in [-0.39, 0.29) is 5.91 Å². The Bertz CT molecular complexity index is 750. The highest BCUT2D eigenvalue weighted by Crippen LogP contribution is 2.32. The fraction of sp³-hybridized carbons (Fsp3) is 0.316. The van der Waals surface area contributed by atoms with Gasteiger partial charge in [-0.15, -0.1) is 0 Å². The van der Waals surface area contributed by atoms with Crippen LogP contribution in [0.25, 0.3) is 11.1 Å². The maximum Gasteiger partial charge on any atom is 0.416 e. The lowest BCUT2D eigenvalue weighted by Gasteiger charge is -2.29. The molecule has 2 aromatic rings. The maximum atomic E-state index is 12.7. The van der Waals surface area contributed by atoms with E-state index in [1.54, 1.807) is 0 Å². The molecule has 0 fully saturated rings. The van der Waals surface area contributed by atoms with Gasteiger partial charge in [0.15, 0.2) is 0 Å². The Morgan fingerprint density at radius 2 is 1.71 bits per heavy atom. The van der Waals surface area contributed by atoms with Gasteiger partial charge in [-0.3, -0.25) is 4.79 Å². The number of benzene rings is 2. The summed E-state index contributed by atoms with van der Waals surface area (Å²) in [6.07, 6.45) is -3.03. The van der Waals surface area contributed by atoms with Gasteiger partial charge in [0.25, 0.3) is 0 Å². The molecular formula is C19H18F3NO. The minimum atomic E-state index is -4.32. The van der Waals surface area contributed by atoms with E-state index in [9.17, 15) is 18.0 Å². The number of hydrogen-bond acceptors (Lipinski definition) is 1. The first-order valence-corrected chi connectivity index (χ1v) is 7.95. The zero-order chi connectivity index (χ0) is 17.3. The Morgan fingerprint density at radius 1 is 1.04 bits per heavy atom. The van der Waals surface area contributed by atoms with Crippen molar-refractivity contribution in [3.8, 4) is 11.1 Å². The molecule has 0 unspecified atom stereocenters. The van der Waals surface area contributed by atoms with Crippen molar-refractivity contribution in [2.45, 2.75) is 32.5 Å². The summed E-state index contributed by atoms with van der Waals surface area (Å²) in [5, 5.41) is 0. The van der Waals surface area contributed by atoms with Gasteiger partial charge in [-0.1, -0.05) is 31.2 Å². The van der Waals surface area contributed by atoms with E-state index in [0.717, 1.165) is 41.8 Å². The monoisotopic (exact) mass is 333 g/mol. The van der Waals surface area contributed by atoms with Gasteiger partial charge < -0.3 is 4.90 Å². The van der Waals surface area contributed by atoms with Gasteiger partial charge in [-0.2, -0.15) is 13.2 Å². The summed E-state index contributed by atoms with van der Waals surface area (Å²) in [6.45, 7) is 3.13. The van der Waals surface area contributed by atoms with Crippen LogP contribution in [0, 0.1) is 0 Å². The fourth-order valence-corrected chi connectivity index (χ4v) is 3.02. The summed E-state index contributed by atoms with van der Waals surface area (Å²) in [6, 6.07) is 11.1. The van der Waals surface area contributed by atoms with E-state index in [1.807, 2.05) is 30.0 Å². The third kappa shape index (κ3) is 3.30. The van der Waals surface area contributed by atoms with Crippen LogP contribution in [0.5, 0.6) is 0 Å². The number of alkyl halides is 3. The van der Waals surface area contributed by atoms with Crippen LogP contribution in [0.3, 0.4) is 0 Å². The number of hydrogen-bond donors (Lipinski definition) is 0. The third-order valence-corrected chi connectivity index (χ3v) is 4.42. The number of carbonyl (C=O) groups excluding carboxylic acids is 1. The molecule has 0 atom stereocenters.